The van der Waals surface area contributed by atoms with E-state index in [0.717, 1.165) is 4.31 Å². The Kier molecular flexibility index (Phi) is 5.50. The van der Waals surface area contributed by atoms with E-state index in [0.29, 0.717) is 13.0 Å². The lowest BCUT2D eigenvalue weighted by atomic mass is 9.92. The zero-order valence-electron chi connectivity index (χ0n) is 12.0. The Labute approximate surface area is 120 Å². The standard InChI is InChI=1S/C12H21N3O4S/c1-9-6-11(12(16)17)8-15(7-9)20(18,19)14(3)10(2)4-5-13/h9-11H,4,6-8H2,1-3H3,(H,16,17). The summed E-state index contributed by atoms with van der Waals surface area (Å²) < 4.78 is 27.3. The van der Waals surface area contributed by atoms with Crippen molar-refractivity contribution in [3.8, 4) is 6.07 Å². The third-order valence-electron chi connectivity index (χ3n) is 3.67. The van der Waals surface area contributed by atoms with Crippen LogP contribution < -0.4 is 0 Å². The summed E-state index contributed by atoms with van der Waals surface area (Å²) in [6, 6.07) is 1.50. The summed E-state index contributed by atoms with van der Waals surface area (Å²) in [4.78, 5) is 11.1. The van der Waals surface area contributed by atoms with E-state index < -0.39 is 28.1 Å². The van der Waals surface area contributed by atoms with E-state index in [2.05, 4.69) is 0 Å². The zero-order chi connectivity index (χ0) is 15.5. The first-order valence-electron chi connectivity index (χ1n) is 6.53. The lowest BCUT2D eigenvalue weighted by molar-refractivity contribution is -0.143. The molecule has 0 aromatic rings. The number of carboxylic acids is 1. The van der Waals surface area contributed by atoms with Gasteiger partial charge in [-0.1, -0.05) is 6.92 Å². The van der Waals surface area contributed by atoms with Crippen molar-refractivity contribution in [1.29, 1.82) is 5.26 Å². The molecular formula is C12H21N3O4S. The minimum atomic E-state index is -3.73. The maximum Gasteiger partial charge on any atom is 0.307 e. The van der Waals surface area contributed by atoms with Crippen LogP contribution in [0.4, 0.5) is 0 Å². The SMILES string of the molecule is CC1CC(C(=O)O)CN(S(=O)(=O)N(C)C(C)CC#N)C1. The summed E-state index contributed by atoms with van der Waals surface area (Å²) in [6.07, 6.45) is 0.584. The highest BCUT2D eigenvalue weighted by Gasteiger charge is 2.38. The van der Waals surface area contributed by atoms with Crippen molar-refractivity contribution in [2.75, 3.05) is 20.1 Å². The molecule has 114 valence electrons. The van der Waals surface area contributed by atoms with Crippen molar-refractivity contribution in [3.63, 3.8) is 0 Å². The molecule has 1 heterocycles. The van der Waals surface area contributed by atoms with Crippen LogP contribution in [0.15, 0.2) is 0 Å². The van der Waals surface area contributed by atoms with E-state index in [1.807, 2.05) is 13.0 Å². The molecule has 0 bridgehead atoms. The molecule has 20 heavy (non-hydrogen) atoms. The predicted molar refractivity (Wildman–Crippen MR) is 72.9 cm³/mol. The summed E-state index contributed by atoms with van der Waals surface area (Å²) >= 11 is 0. The molecule has 0 spiro atoms. The first kappa shape index (κ1) is 16.9. The highest BCUT2D eigenvalue weighted by molar-refractivity contribution is 7.86. The fraction of sp³-hybridized carbons (Fsp3) is 0.833. The quantitative estimate of drug-likeness (QED) is 0.797. The Balaban J connectivity index is 2.91. The number of carboxylic acid groups (broad SMARTS) is 1. The van der Waals surface area contributed by atoms with Crippen LogP contribution in [0.2, 0.25) is 0 Å². The minimum Gasteiger partial charge on any atom is -0.481 e. The molecule has 0 amide bonds. The number of hydrogen-bond acceptors (Lipinski definition) is 4. The molecule has 8 heteroatoms. The van der Waals surface area contributed by atoms with Crippen LogP contribution in [0.5, 0.6) is 0 Å². The summed E-state index contributed by atoms with van der Waals surface area (Å²) in [6.45, 7) is 3.81. The van der Waals surface area contributed by atoms with E-state index in [1.54, 1.807) is 6.92 Å². The minimum absolute atomic E-state index is 0.000650. The summed E-state index contributed by atoms with van der Waals surface area (Å²) in [5, 5.41) is 17.7. The highest BCUT2D eigenvalue weighted by atomic mass is 32.2. The molecule has 0 saturated carbocycles. The van der Waals surface area contributed by atoms with Gasteiger partial charge in [-0.3, -0.25) is 4.79 Å². The third kappa shape index (κ3) is 3.69. The number of rotatable bonds is 5. The predicted octanol–water partition coefficient (Wildman–Crippen LogP) is 0.508. The van der Waals surface area contributed by atoms with Crippen molar-refractivity contribution < 1.29 is 18.3 Å². The second kappa shape index (κ2) is 6.52. The molecule has 1 fully saturated rings. The van der Waals surface area contributed by atoms with Gasteiger partial charge in [0.1, 0.15) is 0 Å². The van der Waals surface area contributed by atoms with Crippen molar-refractivity contribution in [2.45, 2.75) is 32.7 Å². The molecule has 0 aromatic carbocycles. The van der Waals surface area contributed by atoms with Crippen molar-refractivity contribution in [1.82, 2.24) is 8.61 Å². The van der Waals surface area contributed by atoms with E-state index >= 15 is 0 Å². The van der Waals surface area contributed by atoms with Crippen molar-refractivity contribution >= 4 is 16.2 Å². The van der Waals surface area contributed by atoms with Gasteiger partial charge in [-0.2, -0.15) is 22.3 Å². The largest absolute Gasteiger partial charge is 0.481 e. The van der Waals surface area contributed by atoms with Gasteiger partial charge in [-0.05, 0) is 19.3 Å². The average molecular weight is 303 g/mol. The first-order valence-corrected chi connectivity index (χ1v) is 7.92. The first-order chi connectivity index (χ1) is 9.20. The van der Waals surface area contributed by atoms with Gasteiger partial charge in [0.2, 0.25) is 0 Å². The van der Waals surface area contributed by atoms with Gasteiger partial charge in [0, 0.05) is 26.2 Å². The second-order valence-electron chi connectivity index (χ2n) is 5.43. The van der Waals surface area contributed by atoms with Gasteiger partial charge in [0.25, 0.3) is 10.2 Å². The number of hydrogen-bond donors (Lipinski definition) is 1. The fourth-order valence-corrected chi connectivity index (χ4v) is 4.05. The van der Waals surface area contributed by atoms with Gasteiger partial charge in [0.15, 0.2) is 0 Å². The van der Waals surface area contributed by atoms with Crippen molar-refractivity contribution in [3.05, 3.63) is 0 Å². The normalized spacial score (nSPS) is 26.1. The van der Waals surface area contributed by atoms with E-state index in [1.165, 1.54) is 11.4 Å². The van der Waals surface area contributed by atoms with Gasteiger partial charge < -0.3 is 5.11 Å². The maximum atomic E-state index is 12.5. The van der Waals surface area contributed by atoms with Crippen LogP contribution in [-0.2, 0) is 15.0 Å². The number of aliphatic carboxylic acids is 1. The smallest absolute Gasteiger partial charge is 0.307 e. The lowest BCUT2D eigenvalue weighted by Gasteiger charge is -2.37. The molecule has 1 aliphatic rings. The van der Waals surface area contributed by atoms with Crippen LogP contribution in [-0.4, -0.2) is 54.3 Å². The van der Waals surface area contributed by atoms with Crippen LogP contribution in [0.25, 0.3) is 0 Å². The monoisotopic (exact) mass is 303 g/mol. The van der Waals surface area contributed by atoms with Gasteiger partial charge >= 0.3 is 5.97 Å². The molecule has 1 rings (SSSR count). The average Bonchev–Trinajstić information content (AvgIpc) is 2.37. The number of nitrogens with zero attached hydrogens (tertiary/aromatic N) is 3. The van der Waals surface area contributed by atoms with Gasteiger partial charge in [-0.15, -0.1) is 0 Å². The topological polar surface area (TPSA) is 102 Å². The number of nitriles is 1. The summed E-state index contributed by atoms with van der Waals surface area (Å²) in [5.41, 5.74) is 0. The zero-order valence-corrected chi connectivity index (χ0v) is 12.8. The Morgan fingerprint density at radius 2 is 2.15 bits per heavy atom. The molecule has 3 atom stereocenters. The fourth-order valence-electron chi connectivity index (χ4n) is 2.34. The molecule has 0 aliphatic carbocycles. The molecule has 1 N–H and O–H groups in total. The Morgan fingerprint density at radius 3 is 2.65 bits per heavy atom. The van der Waals surface area contributed by atoms with Gasteiger partial charge in [-0.25, -0.2) is 0 Å². The molecule has 0 aromatic heterocycles. The van der Waals surface area contributed by atoms with E-state index in [9.17, 15) is 13.2 Å². The lowest BCUT2D eigenvalue weighted by Crippen LogP contribution is -2.52. The van der Waals surface area contributed by atoms with Crippen LogP contribution in [0.3, 0.4) is 0 Å². The molecular weight excluding hydrogens is 282 g/mol. The molecule has 1 saturated heterocycles. The summed E-state index contributed by atoms with van der Waals surface area (Å²) in [7, 11) is -2.31. The Hall–Kier alpha value is -1.17. The summed E-state index contributed by atoms with van der Waals surface area (Å²) in [5.74, 6) is -1.64. The molecule has 7 nitrogen and oxygen atoms in total. The maximum absolute atomic E-state index is 12.5. The molecule has 0 radical (unpaired) electrons. The third-order valence-corrected chi connectivity index (χ3v) is 5.71. The van der Waals surface area contributed by atoms with E-state index in [4.69, 9.17) is 10.4 Å². The molecule has 1 aliphatic heterocycles. The van der Waals surface area contributed by atoms with Gasteiger partial charge in [0.05, 0.1) is 18.4 Å². The van der Waals surface area contributed by atoms with Crippen molar-refractivity contribution in [2.24, 2.45) is 11.8 Å². The second-order valence-corrected chi connectivity index (χ2v) is 7.42. The number of piperidine rings is 1. The van der Waals surface area contributed by atoms with E-state index in [-0.39, 0.29) is 18.9 Å². The Morgan fingerprint density at radius 1 is 1.55 bits per heavy atom. The molecule has 3 unspecified atom stereocenters. The van der Waals surface area contributed by atoms with Crippen LogP contribution in [0, 0.1) is 23.2 Å². The van der Waals surface area contributed by atoms with Crippen LogP contribution in [0.1, 0.15) is 26.7 Å². The number of carbonyl (C=O) groups is 1. The Bertz CT molecular complexity index is 499. The van der Waals surface area contributed by atoms with Crippen LogP contribution >= 0.6 is 0 Å². The highest BCUT2D eigenvalue weighted by Crippen LogP contribution is 2.25.